The van der Waals surface area contributed by atoms with Gasteiger partial charge in [-0.15, -0.1) is 11.6 Å². The van der Waals surface area contributed by atoms with Gasteiger partial charge in [-0.2, -0.15) is 4.31 Å². The summed E-state index contributed by atoms with van der Waals surface area (Å²) in [6.07, 6.45) is 0.367. The third-order valence-electron chi connectivity index (χ3n) is 3.26. The van der Waals surface area contributed by atoms with Crippen LogP contribution in [-0.2, 0) is 20.6 Å². The van der Waals surface area contributed by atoms with E-state index >= 15 is 0 Å². The number of rotatable bonds is 3. The zero-order valence-electron chi connectivity index (χ0n) is 11.5. The molecule has 2 rings (SSSR count). The van der Waals surface area contributed by atoms with Crippen LogP contribution in [0.3, 0.4) is 0 Å². The molecular weight excluding hydrogens is 385 g/mol. The first-order chi connectivity index (χ1) is 9.86. The van der Waals surface area contributed by atoms with Gasteiger partial charge in [0.1, 0.15) is 10.7 Å². The molecule has 21 heavy (non-hydrogen) atoms. The largest absolute Gasteiger partial charge is 0.377 e. The molecule has 1 aliphatic rings. The number of benzene rings is 1. The second kappa shape index (κ2) is 6.91. The molecule has 0 spiro atoms. The average Bonchev–Trinajstić information content (AvgIpc) is 2.66. The summed E-state index contributed by atoms with van der Waals surface area (Å²) in [5.74, 6) is -0.876. The Hall–Kier alpha value is -0.210. The fourth-order valence-corrected chi connectivity index (χ4v) is 4.76. The van der Waals surface area contributed by atoms with Crippen LogP contribution in [0, 0.1) is 5.82 Å². The van der Waals surface area contributed by atoms with Crippen LogP contribution in [0.25, 0.3) is 0 Å². The normalized spacial score (nSPS) is 21.2. The Morgan fingerprint density at radius 1 is 1.52 bits per heavy atom. The Kier molecular flexibility index (Phi) is 5.65. The SMILES string of the molecule is CC1CN(S(=O)(=O)c2cc(Br)cc(CCl)c2F)CCCO1. The number of sulfonamides is 1. The van der Waals surface area contributed by atoms with Gasteiger partial charge in [0.25, 0.3) is 0 Å². The second-order valence-electron chi connectivity index (χ2n) is 4.91. The van der Waals surface area contributed by atoms with Gasteiger partial charge in [-0.1, -0.05) is 15.9 Å². The zero-order chi connectivity index (χ0) is 15.6. The van der Waals surface area contributed by atoms with E-state index < -0.39 is 15.8 Å². The van der Waals surface area contributed by atoms with E-state index in [1.54, 1.807) is 6.92 Å². The van der Waals surface area contributed by atoms with Crippen molar-refractivity contribution in [2.45, 2.75) is 30.2 Å². The van der Waals surface area contributed by atoms with E-state index in [2.05, 4.69) is 15.9 Å². The van der Waals surface area contributed by atoms with E-state index in [0.29, 0.717) is 24.0 Å². The summed E-state index contributed by atoms with van der Waals surface area (Å²) in [7, 11) is -3.91. The highest BCUT2D eigenvalue weighted by Crippen LogP contribution is 2.28. The van der Waals surface area contributed by atoms with Crippen LogP contribution in [-0.4, -0.2) is 38.5 Å². The first kappa shape index (κ1) is 17.1. The lowest BCUT2D eigenvalue weighted by Crippen LogP contribution is -2.36. The highest BCUT2D eigenvalue weighted by Gasteiger charge is 2.31. The molecule has 1 unspecified atom stereocenters. The molecule has 0 aromatic heterocycles. The van der Waals surface area contributed by atoms with Crippen molar-refractivity contribution in [3.63, 3.8) is 0 Å². The molecule has 1 aliphatic heterocycles. The number of alkyl halides is 1. The summed E-state index contributed by atoms with van der Waals surface area (Å²) in [6, 6.07) is 2.76. The molecule has 0 saturated carbocycles. The summed E-state index contributed by atoms with van der Waals surface area (Å²) in [5.41, 5.74) is 0.156. The van der Waals surface area contributed by atoms with E-state index in [1.807, 2.05) is 0 Å². The smallest absolute Gasteiger partial charge is 0.246 e. The average molecular weight is 401 g/mol. The molecule has 0 bridgehead atoms. The van der Waals surface area contributed by atoms with Gasteiger partial charge in [-0.05, 0) is 25.5 Å². The van der Waals surface area contributed by atoms with E-state index in [-0.39, 0.29) is 29.0 Å². The molecule has 1 aromatic rings. The zero-order valence-corrected chi connectivity index (χ0v) is 14.6. The molecule has 1 saturated heterocycles. The first-order valence-electron chi connectivity index (χ1n) is 6.52. The number of halogens is 3. The highest BCUT2D eigenvalue weighted by molar-refractivity contribution is 9.10. The summed E-state index contributed by atoms with van der Waals surface area (Å²) in [4.78, 5) is -0.346. The molecule has 0 radical (unpaired) electrons. The molecular formula is C13H16BrClFNO3S. The monoisotopic (exact) mass is 399 g/mol. The lowest BCUT2D eigenvalue weighted by molar-refractivity contribution is 0.0752. The minimum Gasteiger partial charge on any atom is -0.377 e. The maximum absolute atomic E-state index is 14.4. The Labute approximate surface area is 137 Å². The fraction of sp³-hybridized carbons (Fsp3) is 0.538. The van der Waals surface area contributed by atoms with Crippen molar-refractivity contribution in [2.24, 2.45) is 0 Å². The Balaban J connectivity index is 2.46. The predicted octanol–water partition coefficient (Wildman–Crippen LogP) is 3.13. The van der Waals surface area contributed by atoms with E-state index in [4.69, 9.17) is 16.3 Å². The van der Waals surface area contributed by atoms with Crippen LogP contribution in [0.2, 0.25) is 0 Å². The van der Waals surface area contributed by atoms with Gasteiger partial charge in [0.2, 0.25) is 10.0 Å². The molecule has 1 heterocycles. The van der Waals surface area contributed by atoms with Gasteiger partial charge in [0.15, 0.2) is 0 Å². The molecule has 0 amide bonds. The van der Waals surface area contributed by atoms with E-state index in [9.17, 15) is 12.8 Å². The number of hydrogen-bond donors (Lipinski definition) is 0. The van der Waals surface area contributed by atoms with Gasteiger partial charge in [-0.25, -0.2) is 12.8 Å². The van der Waals surface area contributed by atoms with Crippen LogP contribution in [0.4, 0.5) is 4.39 Å². The topological polar surface area (TPSA) is 46.6 Å². The molecule has 118 valence electrons. The van der Waals surface area contributed by atoms with Gasteiger partial charge >= 0.3 is 0 Å². The summed E-state index contributed by atoms with van der Waals surface area (Å²) in [6.45, 7) is 2.83. The van der Waals surface area contributed by atoms with Gasteiger partial charge < -0.3 is 4.74 Å². The predicted molar refractivity (Wildman–Crippen MR) is 82.4 cm³/mol. The lowest BCUT2D eigenvalue weighted by Gasteiger charge is -2.22. The van der Waals surface area contributed by atoms with Gasteiger partial charge in [-0.3, -0.25) is 0 Å². The molecule has 1 fully saturated rings. The van der Waals surface area contributed by atoms with Crippen LogP contribution < -0.4 is 0 Å². The lowest BCUT2D eigenvalue weighted by atomic mass is 10.2. The van der Waals surface area contributed by atoms with Crippen molar-refractivity contribution < 1.29 is 17.5 Å². The van der Waals surface area contributed by atoms with E-state index in [1.165, 1.54) is 16.4 Å². The third kappa shape index (κ3) is 3.76. The van der Waals surface area contributed by atoms with Crippen LogP contribution in [0.5, 0.6) is 0 Å². The van der Waals surface area contributed by atoms with Crippen molar-refractivity contribution in [3.05, 3.63) is 28.0 Å². The number of hydrogen-bond acceptors (Lipinski definition) is 3. The summed E-state index contributed by atoms with van der Waals surface area (Å²) >= 11 is 8.87. The Morgan fingerprint density at radius 3 is 2.90 bits per heavy atom. The minimum atomic E-state index is -3.91. The maximum atomic E-state index is 14.4. The minimum absolute atomic E-state index is 0.0900. The summed E-state index contributed by atoms with van der Waals surface area (Å²) < 4.78 is 46.9. The quantitative estimate of drug-likeness (QED) is 0.732. The van der Waals surface area contributed by atoms with Crippen molar-refractivity contribution in [3.8, 4) is 0 Å². The van der Waals surface area contributed by atoms with Crippen LogP contribution in [0.15, 0.2) is 21.5 Å². The molecule has 1 atom stereocenters. The molecule has 0 N–H and O–H groups in total. The standard InChI is InChI=1S/C13H16BrClFNO3S/c1-9-8-17(3-2-4-20-9)21(18,19)12-6-11(14)5-10(7-15)13(12)16/h5-6,9H,2-4,7-8H2,1H3. The number of nitrogens with zero attached hydrogens (tertiary/aromatic N) is 1. The molecule has 0 aliphatic carbocycles. The molecule has 1 aromatic carbocycles. The molecule has 4 nitrogen and oxygen atoms in total. The van der Waals surface area contributed by atoms with Crippen molar-refractivity contribution in [2.75, 3.05) is 19.7 Å². The Bertz CT molecular complexity index is 626. The maximum Gasteiger partial charge on any atom is 0.246 e. The first-order valence-corrected chi connectivity index (χ1v) is 9.28. The van der Waals surface area contributed by atoms with E-state index in [0.717, 1.165) is 0 Å². The van der Waals surface area contributed by atoms with Crippen molar-refractivity contribution in [1.82, 2.24) is 4.31 Å². The Morgan fingerprint density at radius 2 is 2.24 bits per heavy atom. The highest BCUT2D eigenvalue weighted by atomic mass is 79.9. The van der Waals surface area contributed by atoms with Crippen LogP contribution >= 0.6 is 27.5 Å². The molecule has 8 heteroatoms. The van der Waals surface area contributed by atoms with Crippen molar-refractivity contribution >= 4 is 37.6 Å². The van der Waals surface area contributed by atoms with Crippen LogP contribution in [0.1, 0.15) is 18.9 Å². The number of ether oxygens (including phenoxy) is 1. The second-order valence-corrected chi connectivity index (χ2v) is 8.00. The van der Waals surface area contributed by atoms with Gasteiger partial charge in [0, 0.05) is 29.7 Å². The third-order valence-corrected chi connectivity index (χ3v) is 5.87. The van der Waals surface area contributed by atoms with Gasteiger partial charge in [0.05, 0.1) is 12.0 Å². The summed E-state index contributed by atoms with van der Waals surface area (Å²) in [5, 5.41) is 0. The fourth-order valence-electron chi connectivity index (χ4n) is 2.22. The van der Waals surface area contributed by atoms with Crippen molar-refractivity contribution in [1.29, 1.82) is 0 Å².